The van der Waals surface area contributed by atoms with Gasteiger partial charge in [-0.1, -0.05) is 48.5 Å². The van der Waals surface area contributed by atoms with Crippen LogP contribution in [0.4, 0.5) is 4.79 Å². The van der Waals surface area contributed by atoms with E-state index in [2.05, 4.69) is 10.6 Å². The van der Waals surface area contributed by atoms with Gasteiger partial charge in [-0.2, -0.15) is 0 Å². The SMILES string of the molecule is COCC(NC(=O)[C@@H](C)NC(=O)OCC1c2ccccc2-c2ccccc21)C(=O)O. The molecule has 0 saturated carbocycles. The lowest BCUT2D eigenvalue weighted by molar-refractivity contribution is -0.143. The van der Waals surface area contributed by atoms with E-state index in [0.29, 0.717) is 0 Å². The third kappa shape index (κ3) is 4.60. The van der Waals surface area contributed by atoms with Gasteiger partial charge in [0, 0.05) is 13.0 Å². The third-order valence-electron chi connectivity index (χ3n) is 5.02. The van der Waals surface area contributed by atoms with Gasteiger partial charge in [-0.05, 0) is 29.2 Å². The molecule has 0 fully saturated rings. The Balaban J connectivity index is 1.58. The van der Waals surface area contributed by atoms with Crippen molar-refractivity contribution in [3.63, 3.8) is 0 Å². The van der Waals surface area contributed by atoms with Crippen LogP contribution in [0.25, 0.3) is 11.1 Å². The lowest BCUT2D eigenvalue weighted by atomic mass is 9.98. The summed E-state index contributed by atoms with van der Waals surface area (Å²) < 4.78 is 10.2. The molecule has 2 aromatic carbocycles. The monoisotopic (exact) mass is 412 g/mol. The second kappa shape index (κ2) is 9.41. The fourth-order valence-corrected chi connectivity index (χ4v) is 3.52. The van der Waals surface area contributed by atoms with E-state index in [1.54, 1.807) is 0 Å². The van der Waals surface area contributed by atoms with Crippen LogP contribution in [0.3, 0.4) is 0 Å². The molecule has 158 valence electrons. The Hall–Kier alpha value is -3.39. The Morgan fingerprint density at radius 3 is 2.10 bits per heavy atom. The summed E-state index contributed by atoms with van der Waals surface area (Å²) in [6, 6.07) is 13.8. The number of carboxylic acids is 1. The van der Waals surface area contributed by atoms with Crippen molar-refractivity contribution >= 4 is 18.0 Å². The van der Waals surface area contributed by atoms with Crippen molar-refractivity contribution in [1.29, 1.82) is 0 Å². The normalized spacial score (nSPS) is 14.2. The Bertz CT molecular complexity index is 899. The molecule has 0 heterocycles. The fraction of sp³-hybridized carbons (Fsp3) is 0.318. The topological polar surface area (TPSA) is 114 Å². The summed E-state index contributed by atoms with van der Waals surface area (Å²) in [5.41, 5.74) is 4.41. The predicted molar refractivity (Wildman–Crippen MR) is 109 cm³/mol. The number of amides is 2. The second-order valence-corrected chi connectivity index (χ2v) is 7.05. The van der Waals surface area contributed by atoms with Crippen LogP contribution < -0.4 is 10.6 Å². The molecule has 0 saturated heterocycles. The lowest BCUT2D eigenvalue weighted by Gasteiger charge is -2.19. The predicted octanol–water partition coefficient (Wildman–Crippen LogP) is 2.13. The molecule has 1 aliphatic carbocycles. The van der Waals surface area contributed by atoms with E-state index >= 15 is 0 Å². The van der Waals surface area contributed by atoms with E-state index in [-0.39, 0.29) is 19.1 Å². The number of alkyl carbamates (subject to hydrolysis) is 1. The first-order valence-electron chi connectivity index (χ1n) is 9.56. The van der Waals surface area contributed by atoms with E-state index < -0.39 is 30.1 Å². The number of carbonyl (C=O) groups is 3. The number of hydrogen-bond acceptors (Lipinski definition) is 5. The molecule has 0 aliphatic heterocycles. The standard InChI is InChI=1S/C22H24N2O6/c1-13(20(25)24-19(12-29-2)21(26)27)23-22(28)30-11-18-16-9-5-3-7-14(16)15-8-4-6-10-17(15)18/h3-10,13,18-19H,11-12H2,1-2H3,(H,23,28)(H,24,25)(H,26,27)/t13-,19?/m1/s1. The summed E-state index contributed by atoms with van der Waals surface area (Å²) in [4.78, 5) is 35.5. The van der Waals surface area contributed by atoms with Crippen LogP contribution >= 0.6 is 0 Å². The number of nitrogens with one attached hydrogen (secondary N) is 2. The van der Waals surface area contributed by atoms with E-state index in [4.69, 9.17) is 14.6 Å². The Kier molecular flexibility index (Phi) is 6.68. The van der Waals surface area contributed by atoms with Crippen molar-refractivity contribution in [1.82, 2.24) is 10.6 Å². The van der Waals surface area contributed by atoms with Crippen LogP contribution in [-0.2, 0) is 19.1 Å². The second-order valence-electron chi connectivity index (χ2n) is 7.05. The number of aliphatic carboxylic acids is 1. The molecule has 0 bridgehead atoms. The Morgan fingerprint density at radius 1 is 1.00 bits per heavy atom. The number of methoxy groups -OCH3 is 1. The summed E-state index contributed by atoms with van der Waals surface area (Å²) in [6.07, 6.45) is -0.752. The zero-order valence-electron chi connectivity index (χ0n) is 16.8. The summed E-state index contributed by atoms with van der Waals surface area (Å²) in [6.45, 7) is 1.39. The van der Waals surface area contributed by atoms with Gasteiger partial charge in [-0.3, -0.25) is 4.79 Å². The van der Waals surface area contributed by atoms with Gasteiger partial charge in [0.15, 0.2) is 6.04 Å². The molecule has 3 rings (SSSR count). The van der Waals surface area contributed by atoms with Crippen molar-refractivity contribution in [2.75, 3.05) is 20.3 Å². The highest BCUT2D eigenvalue weighted by Gasteiger charge is 2.29. The minimum Gasteiger partial charge on any atom is -0.480 e. The molecule has 2 amide bonds. The van der Waals surface area contributed by atoms with Gasteiger partial charge in [0.25, 0.3) is 0 Å². The van der Waals surface area contributed by atoms with E-state index in [9.17, 15) is 14.4 Å². The Labute approximate surface area is 174 Å². The smallest absolute Gasteiger partial charge is 0.407 e. The van der Waals surface area contributed by atoms with E-state index in [1.165, 1.54) is 14.0 Å². The zero-order valence-corrected chi connectivity index (χ0v) is 16.8. The number of benzene rings is 2. The van der Waals surface area contributed by atoms with Gasteiger partial charge in [-0.25, -0.2) is 9.59 Å². The van der Waals surface area contributed by atoms with Gasteiger partial charge in [0.2, 0.25) is 5.91 Å². The van der Waals surface area contributed by atoms with Crippen LogP contribution in [0.2, 0.25) is 0 Å². The van der Waals surface area contributed by atoms with Crippen molar-refractivity contribution in [3.05, 3.63) is 59.7 Å². The molecule has 1 aliphatic rings. The molecule has 8 heteroatoms. The van der Waals surface area contributed by atoms with Crippen molar-refractivity contribution < 1.29 is 29.0 Å². The highest BCUT2D eigenvalue weighted by molar-refractivity contribution is 5.89. The molecular formula is C22H24N2O6. The van der Waals surface area contributed by atoms with Gasteiger partial charge in [-0.15, -0.1) is 0 Å². The molecule has 8 nitrogen and oxygen atoms in total. The highest BCUT2D eigenvalue weighted by atomic mass is 16.5. The average Bonchev–Trinajstić information content (AvgIpc) is 3.05. The minimum absolute atomic E-state index is 0.0922. The molecule has 2 aromatic rings. The van der Waals surface area contributed by atoms with Crippen LogP contribution in [0.5, 0.6) is 0 Å². The number of ether oxygens (including phenoxy) is 2. The number of fused-ring (bicyclic) bond motifs is 3. The molecular weight excluding hydrogens is 388 g/mol. The Morgan fingerprint density at radius 2 is 1.57 bits per heavy atom. The molecule has 2 atom stereocenters. The first-order chi connectivity index (χ1) is 14.4. The number of carboxylic acid groups (broad SMARTS) is 1. The van der Waals surface area contributed by atoms with Gasteiger partial charge in [0.05, 0.1) is 6.61 Å². The van der Waals surface area contributed by atoms with Crippen LogP contribution in [0.1, 0.15) is 24.0 Å². The van der Waals surface area contributed by atoms with Crippen molar-refractivity contribution in [2.45, 2.75) is 24.9 Å². The van der Waals surface area contributed by atoms with Gasteiger partial charge >= 0.3 is 12.1 Å². The molecule has 30 heavy (non-hydrogen) atoms. The maximum Gasteiger partial charge on any atom is 0.407 e. The van der Waals surface area contributed by atoms with Crippen LogP contribution in [0, 0.1) is 0 Å². The van der Waals surface area contributed by atoms with Crippen LogP contribution in [-0.4, -0.2) is 55.5 Å². The first-order valence-corrected chi connectivity index (χ1v) is 9.56. The molecule has 1 unspecified atom stereocenters. The summed E-state index contributed by atoms with van der Waals surface area (Å²) in [7, 11) is 1.33. The first kappa shape index (κ1) is 21.3. The summed E-state index contributed by atoms with van der Waals surface area (Å²) in [5, 5.41) is 13.8. The summed E-state index contributed by atoms with van der Waals surface area (Å²) >= 11 is 0. The largest absolute Gasteiger partial charge is 0.480 e. The van der Waals surface area contributed by atoms with Crippen molar-refractivity contribution in [2.24, 2.45) is 0 Å². The maximum atomic E-state index is 12.2. The number of carbonyl (C=O) groups excluding carboxylic acids is 2. The number of hydrogen-bond donors (Lipinski definition) is 3. The molecule has 0 radical (unpaired) electrons. The quantitative estimate of drug-likeness (QED) is 0.612. The van der Waals surface area contributed by atoms with E-state index in [0.717, 1.165) is 22.3 Å². The number of rotatable bonds is 8. The summed E-state index contributed by atoms with van der Waals surface area (Å²) in [5.74, 6) is -1.96. The van der Waals surface area contributed by atoms with Gasteiger partial charge < -0.3 is 25.2 Å². The third-order valence-corrected chi connectivity index (χ3v) is 5.02. The average molecular weight is 412 g/mol. The fourth-order valence-electron chi connectivity index (χ4n) is 3.52. The minimum atomic E-state index is -1.22. The molecule has 3 N–H and O–H groups in total. The molecule has 0 spiro atoms. The highest BCUT2D eigenvalue weighted by Crippen LogP contribution is 2.44. The lowest BCUT2D eigenvalue weighted by Crippen LogP contribution is -2.51. The van der Waals surface area contributed by atoms with Crippen LogP contribution in [0.15, 0.2) is 48.5 Å². The van der Waals surface area contributed by atoms with E-state index in [1.807, 2.05) is 48.5 Å². The van der Waals surface area contributed by atoms with Gasteiger partial charge in [0.1, 0.15) is 12.6 Å². The van der Waals surface area contributed by atoms with Crippen molar-refractivity contribution in [3.8, 4) is 11.1 Å². The maximum absolute atomic E-state index is 12.2. The molecule has 0 aromatic heterocycles. The zero-order chi connectivity index (χ0) is 21.7.